The molecule has 2 N–H and O–H groups in total. The van der Waals surface area contributed by atoms with E-state index < -0.39 is 6.10 Å². The number of hydrogen-bond donors (Lipinski definition) is 1. The van der Waals surface area contributed by atoms with Crippen LogP contribution in [0.1, 0.15) is 38.8 Å². The van der Waals surface area contributed by atoms with Gasteiger partial charge in [-0.15, -0.1) is 0 Å². The van der Waals surface area contributed by atoms with Gasteiger partial charge in [0, 0.05) is 13.2 Å². The summed E-state index contributed by atoms with van der Waals surface area (Å²) in [5.74, 6) is 0.961. The average Bonchev–Trinajstić information content (AvgIpc) is 2.48. The van der Waals surface area contributed by atoms with Crippen molar-refractivity contribution >= 4 is 11.6 Å². The first-order valence-electron chi connectivity index (χ1n) is 7.36. The van der Waals surface area contributed by atoms with Crippen molar-refractivity contribution in [3.8, 4) is 5.75 Å². The van der Waals surface area contributed by atoms with Crippen LogP contribution in [-0.4, -0.2) is 25.9 Å². The van der Waals surface area contributed by atoms with Gasteiger partial charge in [-0.05, 0) is 30.0 Å². The van der Waals surface area contributed by atoms with Crippen molar-refractivity contribution in [2.45, 2.75) is 39.3 Å². The zero-order valence-corrected chi connectivity index (χ0v) is 13.1. The molecule has 5 heteroatoms. The Morgan fingerprint density at radius 1 is 1.43 bits per heavy atom. The van der Waals surface area contributed by atoms with E-state index in [2.05, 4.69) is 13.8 Å². The van der Waals surface area contributed by atoms with E-state index in [1.807, 2.05) is 25.1 Å². The first-order chi connectivity index (χ1) is 9.99. The Kier molecular flexibility index (Phi) is 4.85. The van der Waals surface area contributed by atoms with Crippen molar-refractivity contribution in [3.05, 3.63) is 23.8 Å². The molecule has 0 radical (unpaired) electrons. The van der Waals surface area contributed by atoms with Crippen LogP contribution in [0.4, 0.5) is 5.69 Å². The number of rotatable bonds is 5. The highest BCUT2D eigenvalue weighted by atomic mass is 16.5. The Labute approximate surface area is 126 Å². The van der Waals surface area contributed by atoms with E-state index >= 15 is 0 Å². The minimum Gasteiger partial charge on any atom is -0.478 e. The predicted molar refractivity (Wildman–Crippen MR) is 82.3 cm³/mol. The van der Waals surface area contributed by atoms with E-state index in [1.54, 1.807) is 12.0 Å². The summed E-state index contributed by atoms with van der Waals surface area (Å²) in [6, 6.07) is 5.73. The molecular weight excluding hydrogens is 268 g/mol. The van der Waals surface area contributed by atoms with Crippen LogP contribution in [0.15, 0.2) is 18.2 Å². The van der Waals surface area contributed by atoms with Crippen LogP contribution in [0.3, 0.4) is 0 Å². The van der Waals surface area contributed by atoms with Gasteiger partial charge in [0.25, 0.3) is 5.91 Å². The molecule has 1 aromatic rings. The second-order valence-corrected chi connectivity index (χ2v) is 5.70. The maximum atomic E-state index is 12.4. The molecular formula is C16H24N2O3. The highest BCUT2D eigenvalue weighted by Gasteiger charge is 2.33. The molecule has 1 heterocycles. The maximum Gasteiger partial charge on any atom is 0.270 e. The summed E-state index contributed by atoms with van der Waals surface area (Å²) in [4.78, 5) is 14.0. The summed E-state index contributed by atoms with van der Waals surface area (Å²) in [5, 5.41) is 0. The van der Waals surface area contributed by atoms with Crippen LogP contribution in [0.2, 0.25) is 0 Å². The number of nitrogens with zero attached hydrogens (tertiary/aromatic N) is 1. The number of fused-ring (bicyclic) bond motifs is 1. The Morgan fingerprint density at radius 2 is 2.14 bits per heavy atom. The van der Waals surface area contributed by atoms with Gasteiger partial charge in [-0.1, -0.05) is 26.8 Å². The summed E-state index contributed by atoms with van der Waals surface area (Å²) in [7, 11) is 1.58. The number of hydrogen-bond acceptors (Lipinski definition) is 4. The van der Waals surface area contributed by atoms with E-state index in [4.69, 9.17) is 15.2 Å². The summed E-state index contributed by atoms with van der Waals surface area (Å²) in [6.07, 6.45) is 0.184. The number of ether oxygens (including phenoxy) is 2. The summed E-state index contributed by atoms with van der Waals surface area (Å²) in [5.41, 5.74) is 7.94. The number of carbonyl (C=O) groups is 1. The number of carbonyl (C=O) groups excluding carboxylic acids is 1. The van der Waals surface area contributed by atoms with E-state index in [1.165, 1.54) is 0 Å². The number of nitrogens with two attached hydrogens (primary N) is 1. The van der Waals surface area contributed by atoms with Crippen molar-refractivity contribution in [3.63, 3.8) is 0 Å². The van der Waals surface area contributed by atoms with Crippen molar-refractivity contribution in [2.24, 2.45) is 11.7 Å². The molecule has 0 bridgehead atoms. The van der Waals surface area contributed by atoms with Gasteiger partial charge < -0.3 is 15.2 Å². The zero-order chi connectivity index (χ0) is 15.6. The average molecular weight is 292 g/mol. The molecule has 2 unspecified atom stereocenters. The minimum absolute atomic E-state index is 0.0675. The normalized spacial score (nSPS) is 19.4. The topological polar surface area (TPSA) is 64.8 Å². The van der Waals surface area contributed by atoms with Gasteiger partial charge in [0.1, 0.15) is 12.5 Å². The first-order valence-corrected chi connectivity index (χ1v) is 7.36. The molecule has 0 aliphatic carbocycles. The van der Waals surface area contributed by atoms with Crippen LogP contribution < -0.4 is 15.4 Å². The van der Waals surface area contributed by atoms with Crippen LogP contribution in [0, 0.1) is 5.92 Å². The molecule has 0 aromatic heterocycles. The fraction of sp³-hybridized carbons (Fsp3) is 0.562. The summed E-state index contributed by atoms with van der Waals surface area (Å²) >= 11 is 0. The molecule has 2 atom stereocenters. The van der Waals surface area contributed by atoms with E-state index in [-0.39, 0.29) is 18.7 Å². The van der Waals surface area contributed by atoms with Crippen molar-refractivity contribution in [2.75, 3.05) is 18.7 Å². The SMILES string of the molecule is CCC1Oc2ccc(C(N)C(C)C)cc2N(COC)C1=O. The molecule has 1 aromatic carbocycles. The molecule has 116 valence electrons. The van der Waals surface area contributed by atoms with E-state index in [0.29, 0.717) is 18.1 Å². The third kappa shape index (κ3) is 3.04. The minimum atomic E-state index is -0.447. The first kappa shape index (κ1) is 15.8. The Morgan fingerprint density at radius 3 is 2.71 bits per heavy atom. The number of anilines is 1. The lowest BCUT2D eigenvalue weighted by molar-refractivity contribution is -0.127. The van der Waals surface area contributed by atoms with Crippen molar-refractivity contribution < 1.29 is 14.3 Å². The fourth-order valence-electron chi connectivity index (χ4n) is 2.45. The standard InChI is InChI=1S/C16H24N2O3/c1-5-13-16(19)18(9-20-4)12-8-11(15(17)10(2)3)6-7-14(12)21-13/h6-8,10,13,15H,5,9,17H2,1-4H3. The zero-order valence-electron chi connectivity index (χ0n) is 13.1. The maximum absolute atomic E-state index is 12.4. The summed E-state index contributed by atoms with van der Waals surface area (Å²) < 4.78 is 10.9. The van der Waals surface area contributed by atoms with Crippen molar-refractivity contribution in [1.82, 2.24) is 0 Å². The van der Waals surface area contributed by atoms with Gasteiger partial charge >= 0.3 is 0 Å². The predicted octanol–water partition coefficient (Wildman–Crippen LogP) is 2.45. The molecule has 1 amide bonds. The van der Waals surface area contributed by atoms with Crippen LogP contribution in [-0.2, 0) is 9.53 Å². The lowest BCUT2D eigenvalue weighted by Gasteiger charge is -2.34. The van der Waals surface area contributed by atoms with Crippen LogP contribution in [0.5, 0.6) is 5.75 Å². The van der Waals surface area contributed by atoms with Gasteiger partial charge in [0.05, 0.1) is 5.69 Å². The van der Waals surface area contributed by atoms with E-state index in [9.17, 15) is 4.79 Å². The van der Waals surface area contributed by atoms with Gasteiger partial charge in [-0.3, -0.25) is 9.69 Å². The number of methoxy groups -OCH3 is 1. The molecule has 0 fully saturated rings. The second-order valence-electron chi connectivity index (χ2n) is 5.70. The lowest BCUT2D eigenvalue weighted by Crippen LogP contribution is -2.46. The van der Waals surface area contributed by atoms with Crippen molar-refractivity contribution in [1.29, 1.82) is 0 Å². The van der Waals surface area contributed by atoms with Crippen LogP contribution in [0.25, 0.3) is 0 Å². The second kappa shape index (κ2) is 6.45. The van der Waals surface area contributed by atoms with Gasteiger partial charge in [-0.25, -0.2) is 0 Å². The molecule has 1 aliphatic heterocycles. The Balaban J connectivity index is 2.42. The fourth-order valence-corrected chi connectivity index (χ4v) is 2.45. The third-order valence-corrected chi connectivity index (χ3v) is 3.82. The molecule has 0 saturated carbocycles. The number of amides is 1. The summed E-state index contributed by atoms with van der Waals surface area (Å²) in [6.45, 7) is 6.30. The highest BCUT2D eigenvalue weighted by molar-refractivity contribution is 5.99. The lowest BCUT2D eigenvalue weighted by atomic mass is 9.96. The largest absolute Gasteiger partial charge is 0.478 e. The monoisotopic (exact) mass is 292 g/mol. The van der Waals surface area contributed by atoms with Crippen LogP contribution >= 0.6 is 0 Å². The number of benzene rings is 1. The molecule has 5 nitrogen and oxygen atoms in total. The Bertz CT molecular complexity index is 516. The highest BCUT2D eigenvalue weighted by Crippen LogP contribution is 2.37. The molecule has 2 rings (SSSR count). The molecule has 0 saturated heterocycles. The smallest absolute Gasteiger partial charge is 0.270 e. The molecule has 0 spiro atoms. The quantitative estimate of drug-likeness (QED) is 0.905. The molecule has 21 heavy (non-hydrogen) atoms. The van der Waals surface area contributed by atoms with Gasteiger partial charge in [0.15, 0.2) is 6.10 Å². The van der Waals surface area contributed by atoms with Gasteiger partial charge in [-0.2, -0.15) is 0 Å². The third-order valence-electron chi connectivity index (χ3n) is 3.82. The van der Waals surface area contributed by atoms with E-state index in [0.717, 1.165) is 11.3 Å². The Hall–Kier alpha value is -1.59. The van der Waals surface area contributed by atoms with Gasteiger partial charge in [0.2, 0.25) is 0 Å². The molecule has 1 aliphatic rings.